The quantitative estimate of drug-likeness (QED) is 0.781. The molecule has 80 valence electrons. The zero-order valence-corrected chi connectivity index (χ0v) is 8.95. The molecule has 15 heavy (non-hydrogen) atoms. The summed E-state index contributed by atoms with van der Waals surface area (Å²) in [6.07, 6.45) is 0. The molecule has 1 heterocycles. The summed E-state index contributed by atoms with van der Waals surface area (Å²) in [5.74, 6) is 0.161. The van der Waals surface area contributed by atoms with E-state index in [0.29, 0.717) is 5.69 Å². The van der Waals surface area contributed by atoms with E-state index in [4.69, 9.17) is 0 Å². The first-order chi connectivity index (χ1) is 6.89. The van der Waals surface area contributed by atoms with Gasteiger partial charge < -0.3 is 5.11 Å². The molecule has 1 N–H and O–H groups in total. The maximum atomic E-state index is 13.8. The Kier molecular flexibility index (Phi) is 1.96. The van der Waals surface area contributed by atoms with Gasteiger partial charge in [-0.1, -0.05) is 0 Å². The molecule has 0 amide bonds. The van der Waals surface area contributed by atoms with E-state index >= 15 is 0 Å². The first-order valence-electron chi connectivity index (χ1n) is 4.75. The van der Waals surface area contributed by atoms with E-state index in [1.165, 1.54) is 13.8 Å². The number of halogens is 1. The third-order valence-corrected chi connectivity index (χ3v) is 2.40. The lowest BCUT2D eigenvalue weighted by Gasteiger charge is -2.10. The fourth-order valence-electron chi connectivity index (χ4n) is 1.68. The van der Waals surface area contributed by atoms with Crippen LogP contribution in [-0.4, -0.2) is 14.9 Å². The van der Waals surface area contributed by atoms with Crippen LogP contribution in [-0.2, 0) is 12.7 Å². The molecule has 0 radical (unpaired) electrons. The number of nitrogens with zero attached hydrogens (tertiary/aromatic N) is 2. The Bertz CT molecular complexity index is 511. The minimum absolute atomic E-state index is 0.161. The average Bonchev–Trinajstić information content (AvgIpc) is 2.43. The molecule has 0 saturated heterocycles. The van der Waals surface area contributed by atoms with Crippen molar-refractivity contribution in [2.45, 2.75) is 19.5 Å². The minimum atomic E-state index is -1.48. The number of phenolic OH excluding ortho intramolecular Hbond substituents is 1. The highest BCUT2D eigenvalue weighted by atomic mass is 19.1. The van der Waals surface area contributed by atoms with E-state index in [2.05, 4.69) is 5.10 Å². The Morgan fingerprint density at radius 2 is 2.07 bits per heavy atom. The second-order valence-corrected chi connectivity index (χ2v) is 4.15. The SMILES string of the molecule is Cn1nc(C(C)(C)F)c2ccc(O)cc21. The summed E-state index contributed by atoms with van der Waals surface area (Å²) >= 11 is 0. The van der Waals surface area contributed by atoms with E-state index in [0.717, 1.165) is 10.9 Å². The van der Waals surface area contributed by atoms with Crippen molar-refractivity contribution in [2.75, 3.05) is 0 Å². The number of benzene rings is 1. The first-order valence-corrected chi connectivity index (χ1v) is 4.75. The van der Waals surface area contributed by atoms with Crippen molar-refractivity contribution in [3.05, 3.63) is 23.9 Å². The summed E-state index contributed by atoms with van der Waals surface area (Å²) < 4.78 is 15.4. The second kappa shape index (κ2) is 2.95. The number of aryl methyl sites for hydroxylation is 1. The normalized spacial score (nSPS) is 12.3. The van der Waals surface area contributed by atoms with Crippen LogP contribution in [0.5, 0.6) is 5.75 Å². The minimum Gasteiger partial charge on any atom is -0.508 e. The van der Waals surface area contributed by atoms with Crippen LogP contribution < -0.4 is 0 Å². The molecule has 2 aromatic rings. The van der Waals surface area contributed by atoms with Crippen LogP contribution in [0.4, 0.5) is 4.39 Å². The van der Waals surface area contributed by atoms with Gasteiger partial charge in [0.05, 0.1) is 5.52 Å². The second-order valence-electron chi connectivity index (χ2n) is 4.15. The van der Waals surface area contributed by atoms with Crippen LogP contribution in [0.2, 0.25) is 0 Å². The lowest BCUT2D eigenvalue weighted by atomic mass is 10.0. The van der Waals surface area contributed by atoms with Gasteiger partial charge in [-0.15, -0.1) is 0 Å². The highest BCUT2D eigenvalue weighted by Gasteiger charge is 2.25. The van der Waals surface area contributed by atoms with Crippen LogP contribution in [0.15, 0.2) is 18.2 Å². The van der Waals surface area contributed by atoms with Gasteiger partial charge in [-0.3, -0.25) is 4.68 Å². The van der Waals surface area contributed by atoms with Crippen molar-refractivity contribution >= 4 is 10.9 Å². The summed E-state index contributed by atoms with van der Waals surface area (Å²) in [5.41, 5.74) is -0.341. The smallest absolute Gasteiger partial charge is 0.149 e. The predicted octanol–water partition coefficient (Wildman–Crippen LogP) is 2.48. The molecule has 0 fully saturated rings. The summed E-state index contributed by atoms with van der Waals surface area (Å²) in [7, 11) is 1.73. The number of hydrogen-bond donors (Lipinski definition) is 1. The molecule has 3 nitrogen and oxygen atoms in total. The third-order valence-electron chi connectivity index (χ3n) is 2.40. The summed E-state index contributed by atoms with van der Waals surface area (Å²) in [6.45, 7) is 2.95. The van der Waals surface area contributed by atoms with Gasteiger partial charge in [-0.25, -0.2) is 4.39 Å². The van der Waals surface area contributed by atoms with Gasteiger partial charge in [-0.2, -0.15) is 5.10 Å². The van der Waals surface area contributed by atoms with Gasteiger partial charge in [0.2, 0.25) is 0 Å². The maximum absolute atomic E-state index is 13.8. The molecule has 1 aromatic carbocycles. The van der Waals surface area contributed by atoms with E-state index in [9.17, 15) is 9.50 Å². The summed E-state index contributed by atoms with van der Waals surface area (Å²) in [6, 6.07) is 4.81. The van der Waals surface area contributed by atoms with Gasteiger partial charge in [0.15, 0.2) is 0 Å². The van der Waals surface area contributed by atoms with Crippen molar-refractivity contribution in [2.24, 2.45) is 7.05 Å². The van der Waals surface area contributed by atoms with Gasteiger partial charge in [0.25, 0.3) is 0 Å². The lowest BCUT2D eigenvalue weighted by Crippen LogP contribution is -2.10. The molecular weight excluding hydrogens is 195 g/mol. The van der Waals surface area contributed by atoms with Crippen LogP contribution in [0.3, 0.4) is 0 Å². The number of aromatic nitrogens is 2. The van der Waals surface area contributed by atoms with Gasteiger partial charge in [0, 0.05) is 18.5 Å². The number of alkyl halides is 1. The Morgan fingerprint density at radius 1 is 1.40 bits per heavy atom. The maximum Gasteiger partial charge on any atom is 0.149 e. The number of phenols is 1. The largest absolute Gasteiger partial charge is 0.508 e. The molecule has 0 saturated carbocycles. The van der Waals surface area contributed by atoms with Gasteiger partial charge in [0.1, 0.15) is 17.1 Å². The molecular formula is C11H13FN2O. The predicted molar refractivity (Wildman–Crippen MR) is 56.5 cm³/mol. The number of fused-ring (bicyclic) bond motifs is 1. The lowest BCUT2D eigenvalue weighted by molar-refractivity contribution is 0.215. The van der Waals surface area contributed by atoms with Crippen LogP contribution in [0.25, 0.3) is 10.9 Å². The molecule has 4 heteroatoms. The molecule has 0 unspecified atom stereocenters. The fourth-order valence-corrected chi connectivity index (χ4v) is 1.68. The molecule has 0 bridgehead atoms. The van der Waals surface area contributed by atoms with E-state index in [-0.39, 0.29) is 5.75 Å². The van der Waals surface area contributed by atoms with E-state index in [1.54, 1.807) is 29.9 Å². The zero-order chi connectivity index (χ0) is 11.2. The Labute approximate surface area is 87.1 Å². The molecule has 0 aliphatic carbocycles. The van der Waals surface area contributed by atoms with Crippen LogP contribution >= 0.6 is 0 Å². The topological polar surface area (TPSA) is 38.0 Å². The van der Waals surface area contributed by atoms with Crippen molar-refractivity contribution in [3.63, 3.8) is 0 Å². The summed E-state index contributed by atoms with van der Waals surface area (Å²) in [4.78, 5) is 0. The number of rotatable bonds is 1. The molecule has 0 aliphatic rings. The van der Waals surface area contributed by atoms with Crippen molar-refractivity contribution in [1.82, 2.24) is 9.78 Å². The van der Waals surface area contributed by atoms with E-state index in [1.807, 2.05) is 0 Å². The van der Waals surface area contributed by atoms with Crippen molar-refractivity contribution in [1.29, 1.82) is 0 Å². The molecule has 0 atom stereocenters. The number of aromatic hydroxyl groups is 1. The Balaban J connectivity index is 2.79. The zero-order valence-electron chi connectivity index (χ0n) is 8.95. The van der Waals surface area contributed by atoms with Gasteiger partial charge >= 0.3 is 0 Å². The Morgan fingerprint density at radius 3 is 2.67 bits per heavy atom. The molecule has 2 rings (SSSR count). The third kappa shape index (κ3) is 1.56. The standard InChI is InChI=1S/C11H13FN2O/c1-11(2,12)10-8-5-4-7(15)6-9(8)14(3)13-10/h4-6,15H,1-3H3. The van der Waals surface area contributed by atoms with Gasteiger partial charge in [-0.05, 0) is 26.0 Å². The number of hydrogen-bond acceptors (Lipinski definition) is 2. The highest BCUT2D eigenvalue weighted by Crippen LogP contribution is 2.31. The van der Waals surface area contributed by atoms with Crippen molar-refractivity contribution in [3.8, 4) is 5.75 Å². The fraction of sp³-hybridized carbons (Fsp3) is 0.364. The molecule has 0 spiro atoms. The molecule has 0 aliphatic heterocycles. The molecule has 1 aromatic heterocycles. The Hall–Kier alpha value is -1.58. The van der Waals surface area contributed by atoms with Crippen LogP contribution in [0.1, 0.15) is 19.5 Å². The van der Waals surface area contributed by atoms with Crippen LogP contribution in [0, 0.1) is 0 Å². The average molecular weight is 208 g/mol. The summed E-state index contributed by atoms with van der Waals surface area (Å²) in [5, 5.41) is 14.2. The monoisotopic (exact) mass is 208 g/mol. The van der Waals surface area contributed by atoms with Crippen molar-refractivity contribution < 1.29 is 9.50 Å². The highest BCUT2D eigenvalue weighted by molar-refractivity contribution is 5.84. The first kappa shape index (κ1) is 9.96. The van der Waals surface area contributed by atoms with E-state index < -0.39 is 5.67 Å².